The summed E-state index contributed by atoms with van der Waals surface area (Å²) in [6.45, 7) is 1.38. The lowest BCUT2D eigenvalue weighted by molar-refractivity contribution is -0.0435. The Bertz CT molecular complexity index is 1540. The normalized spacial score (nSPS) is 13.4. The van der Waals surface area contributed by atoms with Gasteiger partial charge in [0.15, 0.2) is 15.4 Å². The summed E-state index contributed by atoms with van der Waals surface area (Å²) in [6.07, 6.45) is 3.84. The molecule has 0 spiro atoms. The largest absolute Gasteiger partial charge is 0.501 e. The summed E-state index contributed by atoms with van der Waals surface area (Å²) in [7, 11) is -12.1. The summed E-state index contributed by atoms with van der Waals surface area (Å²) in [4.78, 5) is 6.57. The van der Waals surface area contributed by atoms with Crippen LogP contribution in [-0.4, -0.2) is 54.8 Å². The second-order valence-electron chi connectivity index (χ2n) is 6.81. The summed E-state index contributed by atoms with van der Waals surface area (Å²) in [5.74, 6) is -0.679. The van der Waals surface area contributed by atoms with Crippen molar-refractivity contribution in [2.24, 2.45) is 4.36 Å². The summed E-state index contributed by atoms with van der Waals surface area (Å²) in [5, 5.41) is 0. The van der Waals surface area contributed by atoms with Crippen LogP contribution >= 0.6 is 0 Å². The maximum Gasteiger partial charge on any atom is 0.501 e. The average molecular weight is 512 g/mol. The van der Waals surface area contributed by atoms with Gasteiger partial charge in [0.25, 0.3) is 9.84 Å². The van der Waals surface area contributed by atoms with Crippen molar-refractivity contribution in [2.75, 3.05) is 18.3 Å². The van der Waals surface area contributed by atoms with E-state index in [0.29, 0.717) is 12.1 Å². The predicted molar refractivity (Wildman–Crippen MR) is 110 cm³/mol. The number of oxazole rings is 1. The molecule has 2 heterocycles. The van der Waals surface area contributed by atoms with Crippen LogP contribution in [0, 0.1) is 0 Å². The topological polar surface area (TPSA) is 137 Å². The van der Waals surface area contributed by atoms with E-state index in [-0.39, 0.29) is 39.0 Å². The molecule has 2 aromatic heterocycles. The Labute approximate surface area is 181 Å². The first kappa shape index (κ1) is 24.1. The minimum absolute atomic E-state index is 0.0328. The van der Waals surface area contributed by atoms with Crippen LogP contribution in [0.1, 0.15) is 6.92 Å². The first-order valence-electron chi connectivity index (χ1n) is 8.67. The quantitative estimate of drug-likeness (QED) is 0.509. The number of pyridine rings is 1. The highest BCUT2D eigenvalue weighted by molar-refractivity contribution is 7.92. The fraction of sp³-hybridized carbons (Fsp3) is 0.294. The third-order valence-electron chi connectivity index (χ3n) is 4.06. The van der Waals surface area contributed by atoms with Gasteiger partial charge in [0.1, 0.15) is 16.1 Å². The number of benzene rings is 1. The minimum Gasteiger partial charge on any atom is -0.435 e. The molecule has 32 heavy (non-hydrogen) atoms. The van der Waals surface area contributed by atoms with Crippen LogP contribution in [0.15, 0.2) is 49.0 Å². The van der Waals surface area contributed by atoms with Gasteiger partial charge in [-0.3, -0.25) is 0 Å². The molecule has 0 saturated heterocycles. The molecule has 1 aromatic carbocycles. The summed E-state index contributed by atoms with van der Waals surface area (Å²) in [5.41, 5.74) is -6.05. The number of aromatic nitrogens is 2. The molecule has 174 valence electrons. The molecule has 0 radical (unpaired) electrons. The maximum absolute atomic E-state index is 12.8. The van der Waals surface area contributed by atoms with Gasteiger partial charge < -0.3 is 4.42 Å². The third kappa shape index (κ3) is 4.63. The van der Waals surface area contributed by atoms with Gasteiger partial charge in [-0.05, 0) is 24.3 Å². The van der Waals surface area contributed by atoms with Crippen LogP contribution in [0.2, 0.25) is 0 Å². The number of sulfone groups is 2. The van der Waals surface area contributed by atoms with Crippen molar-refractivity contribution in [3.63, 3.8) is 0 Å². The van der Waals surface area contributed by atoms with E-state index in [2.05, 4.69) is 14.3 Å². The van der Waals surface area contributed by atoms with E-state index in [9.17, 15) is 34.2 Å². The van der Waals surface area contributed by atoms with Crippen LogP contribution in [-0.2, 0) is 29.4 Å². The SMILES string of the molecule is CCS(=O)(=O)c1cc(N=S(C)(C)=O)cnc1-c1nc2cc(S(=O)(=O)C(F)(F)F)ccc2o1. The molecule has 0 amide bonds. The van der Waals surface area contributed by atoms with E-state index < -0.39 is 39.8 Å². The number of fused-ring (bicyclic) bond motifs is 1. The van der Waals surface area contributed by atoms with Crippen molar-refractivity contribution in [3.8, 4) is 11.6 Å². The highest BCUT2D eigenvalue weighted by Gasteiger charge is 2.47. The number of hydrogen-bond acceptors (Lipinski definition) is 9. The minimum atomic E-state index is -5.61. The molecule has 0 N–H and O–H groups in total. The van der Waals surface area contributed by atoms with Gasteiger partial charge in [-0.2, -0.15) is 17.5 Å². The van der Waals surface area contributed by atoms with Gasteiger partial charge in [-0.1, -0.05) is 6.92 Å². The number of halogens is 3. The summed E-state index contributed by atoms with van der Waals surface area (Å²) < 4.78 is 108. The van der Waals surface area contributed by atoms with E-state index in [1.807, 2.05) is 0 Å². The average Bonchev–Trinajstić information content (AvgIpc) is 3.08. The van der Waals surface area contributed by atoms with Crippen molar-refractivity contribution in [1.29, 1.82) is 0 Å². The van der Waals surface area contributed by atoms with Crippen LogP contribution in [0.5, 0.6) is 0 Å². The fourth-order valence-electron chi connectivity index (χ4n) is 2.60. The summed E-state index contributed by atoms with van der Waals surface area (Å²) >= 11 is 0. The number of alkyl halides is 3. The van der Waals surface area contributed by atoms with E-state index in [1.54, 1.807) is 0 Å². The fourth-order valence-corrected chi connectivity index (χ4v) is 5.04. The Morgan fingerprint density at radius 1 is 1.06 bits per heavy atom. The van der Waals surface area contributed by atoms with Crippen LogP contribution in [0.3, 0.4) is 0 Å². The maximum atomic E-state index is 12.8. The van der Waals surface area contributed by atoms with Crippen molar-refractivity contribution >= 4 is 46.2 Å². The van der Waals surface area contributed by atoms with Crippen molar-refractivity contribution in [2.45, 2.75) is 22.2 Å². The van der Waals surface area contributed by atoms with Crippen LogP contribution in [0.25, 0.3) is 22.7 Å². The van der Waals surface area contributed by atoms with Gasteiger partial charge in [0.2, 0.25) is 5.89 Å². The zero-order valence-corrected chi connectivity index (χ0v) is 19.2. The van der Waals surface area contributed by atoms with Crippen LogP contribution < -0.4 is 0 Å². The highest BCUT2D eigenvalue weighted by atomic mass is 32.2. The van der Waals surface area contributed by atoms with Crippen molar-refractivity contribution in [3.05, 3.63) is 30.5 Å². The number of nitrogens with zero attached hydrogens (tertiary/aromatic N) is 3. The predicted octanol–water partition coefficient (Wildman–Crippen LogP) is 3.34. The van der Waals surface area contributed by atoms with E-state index in [0.717, 1.165) is 18.3 Å². The van der Waals surface area contributed by atoms with E-state index in [1.165, 1.54) is 19.4 Å². The smallest absolute Gasteiger partial charge is 0.435 e. The molecule has 3 aromatic rings. The Hall–Kier alpha value is -2.52. The molecular formula is C17H16F3N3O6S3. The standard InChI is InChI=1S/C17H16F3N3O6S3/c1-4-31(25,26)14-7-10(23-30(2,3)24)9-21-15(14)16-22-12-8-11(5-6-13(12)29-16)32(27,28)17(18,19)20/h5-9H,4H2,1-3H3. The third-order valence-corrected chi connectivity index (χ3v) is 7.93. The Kier molecular flexibility index (Phi) is 5.89. The second-order valence-corrected chi connectivity index (χ2v) is 13.5. The first-order chi connectivity index (χ1) is 14.5. The lowest BCUT2D eigenvalue weighted by Gasteiger charge is -2.07. The molecule has 0 bridgehead atoms. The molecule has 0 aliphatic carbocycles. The molecule has 3 rings (SSSR count). The zero-order valence-electron chi connectivity index (χ0n) is 16.7. The number of rotatable bonds is 5. The Balaban J connectivity index is 2.23. The molecule has 9 nitrogen and oxygen atoms in total. The van der Waals surface area contributed by atoms with Gasteiger partial charge in [0.05, 0.1) is 22.5 Å². The van der Waals surface area contributed by atoms with E-state index >= 15 is 0 Å². The molecular weight excluding hydrogens is 495 g/mol. The molecule has 15 heteroatoms. The Morgan fingerprint density at radius 2 is 1.72 bits per heavy atom. The van der Waals surface area contributed by atoms with Crippen molar-refractivity contribution < 1.29 is 38.6 Å². The molecule has 0 atom stereocenters. The molecule has 0 unspecified atom stereocenters. The van der Waals surface area contributed by atoms with Crippen molar-refractivity contribution in [1.82, 2.24) is 9.97 Å². The molecule has 0 fully saturated rings. The van der Waals surface area contributed by atoms with Gasteiger partial charge >= 0.3 is 5.51 Å². The lowest BCUT2D eigenvalue weighted by Crippen LogP contribution is -2.23. The number of hydrogen-bond donors (Lipinski definition) is 0. The van der Waals surface area contributed by atoms with Gasteiger partial charge in [-0.25, -0.2) is 31.0 Å². The molecule has 0 saturated carbocycles. The second kappa shape index (κ2) is 7.81. The Morgan fingerprint density at radius 3 is 2.28 bits per heavy atom. The molecule has 0 aliphatic rings. The first-order valence-corrected chi connectivity index (χ1v) is 14.1. The van der Waals surface area contributed by atoms with Gasteiger partial charge in [-0.15, -0.1) is 0 Å². The lowest BCUT2D eigenvalue weighted by atomic mass is 10.3. The monoisotopic (exact) mass is 511 g/mol. The highest BCUT2D eigenvalue weighted by Crippen LogP contribution is 2.34. The zero-order chi connectivity index (χ0) is 24.1. The van der Waals surface area contributed by atoms with Gasteiger partial charge in [0, 0.05) is 22.2 Å². The van der Waals surface area contributed by atoms with E-state index in [4.69, 9.17) is 4.42 Å². The van der Waals surface area contributed by atoms with Crippen LogP contribution in [0.4, 0.5) is 18.9 Å². The molecule has 0 aliphatic heterocycles. The summed E-state index contributed by atoms with van der Waals surface area (Å²) in [6, 6.07) is 3.50.